The summed E-state index contributed by atoms with van der Waals surface area (Å²) in [6.07, 6.45) is 10.0. The van der Waals surface area contributed by atoms with Crippen LogP contribution in [-0.4, -0.2) is 11.4 Å². The van der Waals surface area contributed by atoms with E-state index in [2.05, 4.69) is 67.3 Å². The molecule has 0 aromatic heterocycles. The SMILES string of the molecule is Cc1ccc(CN(CCC2CCCCCC2)Cc2ccc(C)cc2)cc1. The highest BCUT2D eigenvalue weighted by atomic mass is 15.1. The topological polar surface area (TPSA) is 3.24 Å². The van der Waals surface area contributed by atoms with Gasteiger partial charge in [0, 0.05) is 13.1 Å². The molecule has 1 heteroatoms. The van der Waals surface area contributed by atoms with Gasteiger partial charge < -0.3 is 0 Å². The molecule has 2 aromatic carbocycles. The van der Waals surface area contributed by atoms with Crippen LogP contribution < -0.4 is 0 Å². The third-order valence-electron chi connectivity index (χ3n) is 5.88. The van der Waals surface area contributed by atoms with Crippen molar-refractivity contribution in [2.24, 2.45) is 5.92 Å². The molecule has 1 aliphatic rings. The zero-order valence-corrected chi connectivity index (χ0v) is 16.7. The molecule has 0 heterocycles. The van der Waals surface area contributed by atoms with Gasteiger partial charge in [0.15, 0.2) is 0 Å². The van der Waals surface area contributed by atoms with Gasteiger partial charge in [-0.1, -0.05) is 98.2 Å². The fourth-order valence-corrected chi connectivity index (χ4v) is 4.14. The molecule has 0 atom stereocenters. The Morgan fingerprint density at radius 3 is 1.62 bits per heavy atom. The number of benzene rings is 2. The van der Waals surface area contributed by atoms with E-state index in [1.807, 2.05) is 0 Å². The molecule has 0 N–H and O–H groups in total. The third kappa shape index (κ3) is 6.29. The number of hydrogen-bond donors (Lipinski definition) is 0. The Morgan fingerprint density at radius 1 is 0.692 bits per heavy atom. The van der Waals surface area contributed by atoms with E-state index in [1.165, 1.54) is 73.7 Å². The Morgan fingerprint density at radius 2 is 1.15 bits per heavy atom. The van der Waals surface area contributed by atoms with Gasteiger partial charge in [0.25, 0.3) is 0 Å². The molecule has 1 aliphatic carbocycles. The van der Waals surface area contributed by atoms with Crippen LogP contribution in [0, 0.1) is 19.8 Å². The summed E-state index contributed by atoms with van der Waals surface area (Å²) in [5.74, 6) is 0.941. The van der Waals surface area contributed by atoms with Crippen LogP contribution in [0.2, 0.25) is 0 Å². The van der Waals surface area contributed by atoms with Crippen molar-refractivity contribution in [1.82, 2.24) is 4.90 Å². The van der Waals surface area contributed by atoms with Crippen LogP contribution in [-0.2, 0) is 13.1 Å². The summed E-state index contributed by atoms with van der Waals surface area (Å²) in [6, 6.07) is 18.1. The van der Waals surface area contributed by atoms with E-state index in [0.717, 1.165) is 19.0 Å². The van der Waals surface area contributed by atoms with E-state index in [0.29, 0.717) is 0 Å². The maximum Gasteiger partial charge on any atom is 0.0237 e. The van der Waals surface area contributed by atoms with E-state index in [4.69, 9.17) is 0 Å². The lowest BCUT2D eigenvalue weighted by Gasteiger charge is -2.25. The molecule has 1 fully saturated rings. The summed E-state index contributed by atoms with van der Waals surface area (Å²) in [6.45, 7) is 7.66. The van der Waals surface area contributed by atoms with Crippen LogP contribution >= 0.6 is 0 Å². The Labute approximate surface area is 160 Å². The molecule has 26 heavy (non-hydrogen) atoms. The number of rotatable bonds is 7. The number of nitrogens with zero attached hydrogens (tertiary/aromatic N) is 1. The second-order valence-electron chi connectivity index (χ2n) is 8.33. The molecule has 0 aliphatic heterocycles. The van der Waals surface area contributed by atoms with Crippen molar-refractivity contribution >= 4 is 0 Å². The van der Waals surface area contributed by atoms with Gasteiger partial charge in [-0.25, -0.2) is 0 Å². The van der Waals surface area contributed by atoms with Crippen LogP contribution in [0.5, 0.6) is 0 Å². The molecule has 0 spiro atoms. The van der Waals surface area contributed by atoms with Crippen molar-refractivity contribution < 1.29 is 0 Å². The number of hydrogen-bond acceptors (Lipinski definition) is 1. The smallest absolute Gasteiger partial charge is 0.0237 e. The molecule has 3 rings (SSSR count). The first kappa shape index (κ1) is 19.2. The molecule has 140 valence electrons. The van der Waals surface area contributed by atoms with E-state index in [-0.39, 0.29) is 0 Å². The molecule has 2 aromatic rings. The first-order valence-corrected chi connectivity index (χ1v) is 10.5. The summed E-state index contributed by atoms with van der Waals surface area (Å²) < 4.78 is 0. The third-order valence-corrected chi connectivity index (χ3v) is 5.88. The maximum atomic E-state index is 2.65. The average molecular weight is 350 g/mol. The van der Waals surface area contributed by atoms with Gasteiger partial charge in [-0.3, -0.25) is 4.90 Å². The summed E-state index contributed by atoms with van der Waals surface area (Å²) in [7, 11) is 0. The normalized spacial score (nSPS) is 16.0. The van der Waals surface area contributed by atoms with Crippen LogP contribution in [0.25, 0.3) is 0 Å². The Hall–Kier alpha value is -1.60. The minimum atomic E-state index is 0.941. The van der Waals surface area contributed by atoms with Crippen molar-refractivity contribution in [2.75, 3.05) is 6.54 Å². The molecular formula is C25H35N. The van der Waals surface area contributed by atoms with Crippen molar-refractivity contribution in [3.05, 3.63) is 70.8 Å². The fourth-order valence-electron chi connectivity index (χ4n) is 4.14. The van der Waals surface area contributed by atoms with E-state index in [1.54, 1.807) is 0 Å². The Balaban J connectivity index is 1.63. The molecule has 0 amide bonds. The highest BCUT2D eigenvalue weighted by Crippen LogP contribution is 2.26. The molecule has 1 nitrogen and oxygen atoms in total. The quantitative estimate of drug-likeness (QED) is 0.505. The van der Waals surface area contributed by atoms with Crippen molar-refractivity contribution in [3.63, 3.8) is 0 Å². The predicted octanol–water partition coefficient (Wildman–Crippen LogP) is 6.67. The largest absolute Gasteiger partial charge is 0.295 e. The van der Waals surface area contributed by atoms with Crippen LogP contribution in [0.15, 0.2) is 48.5 Å². The standard InChI is InChI=1S/C25H35N/c1-21-9-13-24(14-10-21)19-26(20-25-15-11-22(2)12-16-25)18-17-23-7-5-3-4-6-8-23/h9-16,23H,3-8,17-20H2,1-2H3. The number of aryl methyl sites for hydroxylation is 2. The average Bonchev–Trinajstić information content (AvgIpc) is 2.92. The summed E-state index contributed by atoms with van der Waals surface area (Å²) >= 11 is 0. The molecule has 1 saturated carbocycles. The monoisotopic (exact) mass is 349 g/mol. The van der Waals surface area contributed by atoms with Gasteiger partial charge in [0.05, 0.1) is 0 Å². The van der Waals surface area contributed by atoms with Crippen LogP contribution in [0.1, 0.15) is 67.2 Å². The molecule has 0 radical (unpaired) electrons. The van der Waals surface area contributed by atoms with Gasteiger partial charge in [-0.2, -0.15) is 0 Å². The minimum absolute atomic E-state index is 0.941. The molecular weight excluding hydrogens is 314 g/mol. The summed E-state index contributed by atoms with van der Waals surface area (Å²) in [4.78, 5) is 2.65. The zero-order chi connectivity index (χ0) is 18.2. The van der Waals surface area contributed by atoms with E-state index < -0.39 is 0 Å². The van der Waals surface area contributed by atoms with Gasteiger partial charge in [0.1, 0.15) is 0 Å². The van der Waals surface area contributed by atoms with Crippen LogP contribution in [0.4, 0.5) is 0 Å². The fraction of sp³-hybridized carbons (Fsp3) is 0.520. The molecule has 0 unspecified atom stereocenters. The molecule has 0 saturated heterocycles. The first-order chi connectivity index (χ1) is 12.7. The van der Waals surface area contributed by atoms with E-state index >= 15 is 0 Å². The highest BCUT2D eigenvalue weighted by molar-refractivity contribution is 5.23. The van der Waals surface area contributed by atoms with Crippen molar-refractivity contribution in [1.29, 1.82) is 0 Å². The van der Waals surface area contributed by atoms with Gasteiger partial charge in [-0.15, -0.1) is 0 Å². The lowest BCUT2D eigenvalue weighted by atomic mass is 9.96. The van der Waals surface area contributed by atoms with Crippen LogP contribution in [0.3, 0.4) is 0 Å². The maximum absolute atomic E-state index is 2.65. The zero-order valence-electron chi connectivity index (χ0n) is 16.7. The summed E-state index contributed by atoms with van der Waals surface area (Å²) in [5.41, 5.74) is 5.56. The second-order valence-corrected chi connectivity index (χ2v) is 8.33. The first-order valence-electron chi connectivity index (χ1n) is 10.5. The Kier molecular flexibility index (Phi) is 7.32. The highest BCUT2D eigenvalue weighted by Gasteiger charge is 2.15. The lowest BCUT2D eigenvalue weighted by Crippen LogP contribution is -2.25. The lowest BCUT2D eigenvalue weighted by molar-refractivity contribution is 0.229. The minimum Gasteiger partial charge on any atom is -0.295 e. The van der Waals surface area contributed by atoms with Crippen molar-refractivity contribution in [2.45, 2.75) is 71.9 Å². The summed E-state index contributed by atoms with van der Waals surface area (Å²) in [5, 5.41) is 0. The predicted molar refractivity (Wildman–Crippen MR) is 112 cm³/mol. The Bertz CT molecular complexity index is 585. The van der Waals surface area contributed by atoms with Crippen molar-refractivity contribution in [3.8, 4) is 0 Å². The van der Waals surface area contributed by atoms with E-state index in [9.17, 15) is 0 Å². The second kappa shape index (κ2) is 9.92. The van der Waals surface area contributed by atoms with Gasteiger partial charge in [-0.05, 0) is 43.9 Å². The van der Waals surface area contributed by atoms with Gasteiger partial charge >= 0.3 is 0 Å². The van der Waals surface area contributed by atoms with Gasteiger partial charge in [0.2, 0.25) is 0 Å². The molecule has 0 bridgehead atoms.